The average molecular weight is 288 g/mol. The average Bonchev–Trinajstić information content (AvgIpc) is 2.60. The largest absolute Gasteiger partial charge is 0.350 e. The Morgan fingerprint density at radius 1 is 1.62 bits per heavy atom. The van der Waals surface area contributed by atoms with Gasteiger partial charge in [-0.1, -0.05) is 29.8 Å². The van der Waals surface area contributed by atoms with Crippen LogP contribution in [0, 0.1) is 5.92 Å². The predicted octanol–water partition coefficient (Wildman–Crippen LogP) is 1.96. The first kappa shape index (κ1) is 13.2. The molecule has 1 heterocycles. The number of hydrogen-bond donors (Lipinski definition) is 1. The summed E-state index contributed by atoms with van der Waals surface area (Å²) in [5.74, 6) is 0.505. The molecule has 1 unspecified atom stereocenters. The van der Waals surface area contributed by atoms with Crippen LogP contribution in [0.4, 0.5) is 0 Å². The first-order chi connectivity index (χ1) is 7.49. The topological polar surface area (TPSA) is 46.9 Å². The Morgan fingerprint density at radius 3 is 2.81 bits per heavy atom. The standard InChI is InChI=1S/C11H18BrN3O/c1-8(2)6-9(12)7-13-11(16)10-4-5-15(3)14-10/h4-5,8-9H,6-7H2,1-3H3,(H,13,16). The van der Waals surface area contributed by atoms with Crippen molar-refractivity contribution in [3.8, 4) is 0 Å². The summed E-state index contributed by atoms with van der Waals surface area (Å²) in [6.45, 7) is 4.96. The summed E-state index contributed by atoms with van der Waals surface area (Å²) in [6.07, 6.45) is 2.80. The summed E-state index contributed by atoms with van der Waals surface area (Å²) in [4.78, 5) is 12.0. The summed E-state index contributed by atoms with van der Waals surface area (Å²) < 4.78 is 1.62. The van der Waals surface area contributed by atoms with E-state index in [9.17, 15) is 4.79 Å². The van der Waals surface area contributed by atoms with E-state index < -0.39 is 0 Å². The van der Waals surface area contributed by atoms with Gasteiger partial charge in [-0.05, 0) is 18.4 Å². The number of rotatable bonds is 5. The van der Waals surface area contributed by atoms with Crippen molar-refractivity contribution in [2.45, 2.75) is 25.1 Å². The van der Waals surface area contributed by atoms with Crippen molar-refractivity contribution in [3.05, 3.63) is 18.0 Å². The van der Waals surface area contributed by atoms with Gasteiger partial charge in [0.25, 0.3) is 5.91 Å². The Balaban J connectivity index is 2.35. The van der Waals surface area contributed by atoms with Crippen LogP contribution in [-0.2, 0) is 7.05 Å². The summed E-state index contributed by atoms with van der Waals surface area (Å²) >= 11 is 3.54. The third-order valence-electron chi connectivity index (χ3n) is 2.16. The molecule has 0 radical (unpaired) electrons. The molecule has 1 aromatic rings. The quantitative estimate of drug-likeness (QED) is 0.842. The van der Waals surface area contributed by atoms with Gasteiger partial charge in [-0.3, -0.25) is 9.48 Å². The van der Waals surface area contributed by atoms with Crippen LogP contribution in [0.1, 0.15) is 30.8 Å². The molecule has 0 aliphatic carbocycles. The Hall–Kier alpha value is -0.840. The van der Waals surface area contributed by atoms with Crippen molar-refractivity contribution in [1.82, 2.24) is 15.1 Å². The number of nitrogens with zero attached hydrogens (tertiary/aromatic N) is 2. The highest BCUT2D eigenvalue weighted by molar-refractivity contribution is 9.09. The number of hydrogen-bond acceptors (Lipinski definition) is 2. The predicted molar refractivity (Wildman–Crippen MR) is 67.7 cm³/mol. The van der Waals surface area contributed by atoms with Crippen LogP contribution in [0.25, 0.3) is 0 Å². The first-order valence-corrected chi connectivity index (χ1v) is 6.32. The van der Waals surface area contributed by atoms with Crippen LogP contribution in [0.5, 0.6) is 0 Å². The number of halogens is 1. The lowest BCUT2D eigenvalue weighted by molar-refractivity contribution is 0.0947. The Kier molecular flexibility index (Phi) is 4.99. The molecule has 0 spiro atoms. The molecule has 1 aromatic heterocycles. The van der Waals surface area contributed by atoms with Crippen LogP contribution in [0.15, 0.2) is 12.3 Å². The van der Waals surface area contributed by atoms with Crippen molar-refractivity contribution in [3.63, 3.8) is 0 Å². The van der Waals surface area contributed by atoms with Crippen LogP contribution >= 0.6 is 15.9 Å². The van der Waals surface area contributed by atoms with E-state index in [0.717, 1.165) is 6.42 Å². The first-order valence-electron chi connectivity index (χ1n) is 5.41. The molecule has 4 nitrogen and oxygen atoms in total. The van der Waals surface area contributed by atoms with Crippen molar-refractivity contribution in [2.24, 2.45) is 13.0 Å². The van der Waals surface area contributed by atoms with Gasteiger partial charge in [0.2, 0.25) is 0 Å². The number of carbonyl (C=O) groups excluding carboxylic acids is 1. The van der Waals surface area contributed by atoms with Crippen LogP contribution in [0.3, 0.4) is 0 Å². The molecule has 0 aliphatic rings. The minimum Gasteiger partial charge on any atom is -0.350 e. The second-order valence-corrected chi connectivity index (χ2v) is 5.61. The van der Waals surface area contributed by atoms with E-state index in [1.165, 1.54) is 0 Å². The Bertz CT molecular complexity index is 349. The van der Waals surface area contributed by atoms with E-state index in [1.54, 1.807) is 24.0 Å². The molecule has 1 atom stereocenters. The molecule has 90 valence electrons. The van der Waals surface area contributed by atoms with Gasteiger partial charge in [0.15, 0.2) is 0 Å². The van der Waals surface area contributed by atoms with E-state index in [4.69, 9.17) is 0 Å². The van der Waals surface area contributed by atoms with Crippen LogP contribution < -0.4 is 5.32 Å². The molecule has 0 saturated heterocycles. The molecule has 0 aromatic carbocycles. The molecule has 1 rings (SSSR count). The van der Waals surface area contributed by atoms with Gasteiger partial charge in [0, 0.05) is 24.6 Å². The van der Waals surface area contributed by atoms with Gasteiger partial charge < -0.3 is 5.32 Å². The summed E-state index contributed by atoms with van der Waals surface area (Å²) in [7, 11) is 1.79. The third kappa shape index (κ3) is 4.35. The lowest BCUT2D eigenvalue weighted by Gasteiger charge is -2.12. The SMILES string of the molecule is CC(C)CC(Br)CNC(=O)c1ccn(C)n1. The zero-order chi connectivity index (χ0) is 12.1. The number of amides is 1. The molecule has 0 aliphatic heterocycles. The zero-order valence-corrected chi connectivity index (χ0v) is 11.5. The third-order valence-corrected chi connectivity index (χ3v) is 2.86. The normalized spacial score (nSPS) is 12.8. The zero-order valence-electron chi connectivity index (χ0n) is 9.90. The molecular weight excluding hydrogens is 270 g/mol. The molecule has 0 fully saturated rings. The van der Waals surface area contributed by atoms with Gasteiger partial charge in [-0.25, -0.2) is 0 Å². The molecule has 5 heteroatoms. The van der Waals surface area contributed by atoms with Crippen molar-refractivity contribution < 1.29 is 4.79 Å². The van der Waals surface area contributed by atoms with Gasteiger partial charge in [-0.15, -0.1) is 0 Å². The number of aryl methyl sites for hydroxylation is 1. The van der Waals surface area contributed by atoms with Crippen molar-refractivity contribution in [1.29, 1.82) is 0 Å². The van der Waals surface area contributed by atoms with Gasteiger partial charge in [-0.2, -0.15) is 5.10 Å². The number of aromatic nitrogens is 2. The fourth-order valence-electron chi connectivity index (χ4n) is 1.43. The number of carbonyl (C=O) groups is 1. The maximum atomic E-state index is 11.6. The lowest BCUT2D eigenvalue weighted by atomic mass is 10.1. The molecule has 1 N–H and O–H groups in total. The fraction of sp³-hybridized carbons (Fsp3) is 0.636. The Labute approximate surface area is 105 Å². The minimum atomic E-state index is -0.117. The van der Waals surface area contributed by atoms with E-state index >= 15 is 0 Å². The van der Waals surface area contributed by atoms with Crippen molar-refractivity contribution >= 4 is 21.8 Å². The molecule has 0 saturated carbocycles. The highest BCUT2D eigenvalue weighted by atomic mass is 79.9. The van der Waals surface area contributed by atoms with E-state index in [2.05, 4.69) is 40.2 Å². The Morgan fingerprint density at radius 2 is 2.31 bits per heavy atom. The van der Waals surface area contributed by atoms with Gasteiger partial charge in [0.05, 0.1) is 0 Å². The molecule has 1 amide bonds. The van der Waals surface area contributed by atoms with Gasteiger partial charge >= 0.3 is 0 Å². The molecule has 0 bridgehead atoms. The lowest BCUT2D eigenvalue weighted by Crippen LogP contribution is -2.30. The monoisotopic (exact) mass is 287 g/mol. The summed E-state index contributed by atoms with van der Waals surface area (Å²) in [5.41, 5.74) is 0.465. The number of alkyl halides is 1. The van der Waals surface area contributed by atoms with Crippen molar-refractivity contribution in [2.75, 3.05) is 6.54 Å². The maximum absolute atomic E-state index is 11.6. The molecular formula is C11H18BrN3O. The van der Waals surface area contributed by atoms with Crippen LogP contribution in [0.2, 0.25) is 0 Å². The smallest absolute Gasteiger partial charge is 0.271 e. The summed E-state index contributed by atoms with van der Waals surface area (Å²) in [6, 6.07) is 1.71. The van der Waals surface area contributed by atoms with E-state index in [0.29, 0.717) is 23.0 Å². The molecule has 16 heavy (non-hydrogen) atoms. The van der Waals surface area contributed by atoms with E-state index in [-0.39, 0.29) is 5.91 Å². The van der Waals surface area contributed by atoms with E-state index in [1.807, 2.05) is 0 Å². The second kappa shape index (κ2) is 6.03. The highest BCUT2D eigenvalue weighted by Crippen LogP contribution is 2.11. The summed E-state index contributed by atoms with van der Waals surface area (Å²) in [5, 5.41) is 6.89. The minimum absolute atomic E-state index is 0.117. The van der Waals surface area contributed by atoms with Crippen LogP contribution in [-0.4, -0.2) is 27.1 Å². The highest BCUT2D eigenvalue weighted by Gasteiger charge is 2.11. The fourth-order valence-corrected chi connectivity index (χ4v) is 2.33. The second-order valence-electron chi connectivity index (χ2n) is 4.31. The maximum Gasteiger partial charge on any atom is 0.271 e. The number of nitrogens with one attached hydrogen (secondary N) is 1. The van der Waals surface area contributed by atoms with Gasteiger partial charge in [0.1, 0.15) is 5.69 Å².